The fourth-order valence-corrected chi connectivity index (χ4v) is 2.07. The Balaban J connectivity index is 2.25. The summed E-state index contributed by atoms with van der Waals surface area (Å²) in [5, 5.41) is 9.07. The van der Waals surface area contributed by atoms with Gasteiger partial charge in [0, 0.05) is 11.8 Å². The molecule has 0 aromatic heterocycles. The number of nitriles is 1. The molecule has 2 rings (SSSR count). The Morgan fingerprint density at radius 3 is 2.65 bits per heavy atom. The van der Waals surface area contributed by atoms with Gasteiger partial charge in [0.1, 0.15) is 0 Å². The summed E-state index contributed by atoms with van der Waals surface area (Å²) in [7, 11) is 0. The summed E-state index contributed by atoms with van der Waals surface area (Å²) < 4.78 is 0. The van der Waals surface area contributed by atoms with Gasteiger partial charge in [0.15, 0.2) is 0 Å². The first kappa shape index (κ1) is 14.0. The van der Waals surface area contributed by atoms with Gasteiger partial charge in [-0.15, -0.1) is 0 Å². The van der Waals surface area contributed by atoms with Crippen molar-refractivity contribution >= 4 is 11.9 Å². The van der Waals surface area contributed by atoms with E-state index in [0.717, 1.165) is 17.7 Å². The Morgan fingerprint density at radius 2 is 1.85 bits per heavy atom. The van der Waals surface area contributed by atoms with Crippen molar-refractivity contribution in [1.29, 1.82) is 5.26 Å². The standard InChI is InChI=1S/C18H18N2/c1-2-3-8-15-9-6-7-12-18(15)20-14-17-11-5-4-10-16(17)13-19/h4-7,9-12,14H,2-3,8H2,1H3. The predicted molar refractivity (Wildman–Crippen MR) is 83.5 cm³/mol. The first-order valence-corrected chi connectivity index (χ1v) is 6.96. The average molecular weight is 262 g/mol. The molecule has 2 heteroatoms. The fourth-order valence-electron chi connectivity index (χ4n) is 2.07. The third-order valence-corrected chi connectivity index (χ3v) is 3.22. The van der Waals surface area contributed by atoms with Gasteiger partial charge in [-0.05, 0) is 30.5 Å². The molecule has 20 heavy (non-hydrogen) atoms. The first-order valence-electron chi connectivity index (χ1n) is 6.96. The molecule has 0 N–H and O–H groups in total. The normalized spacial score (nSPS) is 10.6. The lowest BCUT2D eigenvalue weighted by atomic mass is 10.1. The van der Waals surface area contributed by atoms with Crippen molar-refractivity contribution in [2.75, 3.05) is 0 Å². The molecular weight excluding hydrogens is 244 g/mol. The molecule has 0 heterocycles. The van der Waals surface area contributed by atoms with E-state index in [9.17, 15) is 0 Å². The number of rotatable bonds is 5. The number of hydrogen-bond acceptors (Lipinski definition) is 2. The van der Waals surface area contributed by atoms with E-state index in [1.54, 1.807) is 6.21 Å². The number of hydrogen-bond donors (Lipinski definition) is 0. The topological polar surface area (TPSA) is 36.1 Å². The van der Waals surface area contributed by atoms with E-state index in [0.29, 0.717) is 5.56 Å². The highest BCUT2D eigenvalue weighted by Crippen LogP contribution is 2.21. The summed E-state index contributed by atoms with van der Waals surface area (Å²) >= 11 is 0. The Morgan fingerprint density at radius 1 is 1.10 bits per heavy atom. The maximum atomic E-state index is 9.07. The molecule has 0 aliphatic heterocycles. The molecular formula is C18H18N2. The lowest BCUT2D eigenvalue weighted by Crippen LogP contribution is -1.89. The van der Waals surface area contributed by atoms with E-state index in [4.69, 9.17) is 5.26 Å². The van der Waals surface area contributed by atoms with Gasteiger partial charge in [0.2, 0.25) is 0 Å². The number of aryl methyl sites for hydroxylation is 1. The average Bonchev–Trinajstić information content (AvgIpc) is 2.52. The molecule has 0 saturated heterocycles. The zero-order chi connectivity index (χ0) is 14.2. The second-order valence-corrected chi connectivity index (χ2v) is 4.69. The van der Waals surface area contributed by atoms with Crippen molar-refractivity contribution < 1.29 is 0 Å². The van der Waals surface area contributed by atoms with Crippen molar-refractivity contribution in [1.82, 2.24) is 0 Å². The van der Waals surface area contributed by atoms with E-state index < -0.39 is 0 Å². The smallest absolute Gasteiger partial charge is 0.0998 e. The van der Waals surface area contributed by atoms with Gasteiger partial charge in [0.05, 0.1) is 17.3 Å². The van der Waals surface area contributed by atoms with Crippen molar-refractivity contribution in [3.63, 3.8) is 0 Å². The highest BCUT2D eigenvalue weighted by atomic mass is 14.7. The van der Waals surface area contributed by atoms with Crippen LogP contribution in [0, 0.1) is 11.3 Å². The molecule has 2 nitrogen and oxygen atoms in total. The zero-order valence-corrected chi connectivity index (χ0v) is 11.7. The summed E-state index contributed by atoms with van der Waals surface area (Å²) in [6.07, 6.45) is 5.17. The summed E-state index contributed by atoms with van der Waals surface area (Å²) in [5.41, 5.74) is 3.77. The molecule has 0 bridgehead atoms. The van der Waals surface area contributed by atoms with Crippen LogP contribution < -0.4 is 0 Å². The van der Waals surface area contributed by atoms with E-state index >= 15 is 0 Å². The second-order valence-electron chi connectivity index (χ2n) is 4.69. The van der Waals surface area contributed by atoms with Crippen LogP contribution in [0.5, 0.6) is 0 Å². The quantitative estimate of drug-likeness (QED) is 0.722. The molecule has 0 saturated carbocycles. The molecule has 2 aromatic rings. The molecule has 0 amide bonds. The summed E-state index contributed by atoms with van der Waals surface area (Å²) in [6, 6.07) is 17.9. The van der Waals surface area contributed by atoms with Crippen LogP contribution in [0.4, 0.5) is 5.69 Å². The van der Waals surface area contributed by atoms with Crippen LogP contribution in [0.1, 0.15) is 36.5 Å². The van der Waals surface area contributed by atoms with Crippen LogP contribution >= 0.6 is 0 Å². The van der Waals surface area contributed by atoms with Crippen molar-refractivity contribution in [2.45, 2.75) is 26.2 Å². The van der Waals surface area contributed by atoms with Gasteiger partial charge < -0.3 is 0 Å². The number of aliphatic imine (C=N–C) groups is 1. The van der Waals surface area contributed by atoms with Gasteiger partial charge in [0.25, 0.3) is 0 Å². The molecule has 0 aliphatic rings. The molecule has 0 aliphatic carbocycles. The highest BCUT2D eigenvalue weighted by Gasteiger charge is 2.00. The van der Waals surface area contributed by atoms with Crippen LogP contribution in [0.25, 0.3) is 0 Å². The molecule has 2 aromatic carbocycles. The summed E-state index contributed by atoms with van der Waals surface area (Å²) in [4.78, 5) is 4.56. The second kappa shape index (κ2) is 7.25. The molecule has 0 fully saturated rings. The lowest BCUT2D eigenvalue weighted by Gasteiger charge is -2.04. The van der Waals surface area contributed by atoms with Crippen LogP contribution in [-0.4, -0.2) is 6.21 Å². The van der Waals surface area contributed by atoms with E-state index in [2.05, 4.69) is 24.1 Å². The van der Waals surface area contributed by atoms with Crippen molar-refractivity contribution in [3.05, 3.63) is 65.2 Å². The molecule has 100 valence electrons. The minimum atomic E-state index is 0.655. The van der Waals surface area contributed by atoms with Crippen LogP contribution in [0.2, 0.25) is 0 Å². The number of unbranched alkanes of at least 4 members (excludes halogenated alkanes) is 1. The van der Waals surface area contributed by atoms with Crippen molar-refractivity contribution in [2.24, 2.45) is 4.99 Å². The van der Waals surface area contributed by atoms with Gasteiger partial charge >= 0.3 is 0 Å². The third kappa shape index (κ3) is 3.55. The SMILES string of the molecule is CCCCc1ccccc1N=Cc1ccccc1C#N. The van der Waals surface area contributed by atoms with Gasteiger partial charge in [-0.3, -0.25) is 4.99 Å². The minimum absolute atomic E-state index is 0.655. The number of para-hydroxylation sites is 1. The summed E-state index contributed by atoms with van der Waals surface area (Å²) in [6.45, 7) is 2.19. The lowest BCUT2D eigenvalue weighted by molar-refractivity contribution is 0.795. The Kier molecular flexibility index (Phi) is 5.08. The maximum Gasteiger partial charge on any atom is 0.0998 e. The Hall–Kier alpha value is -2.40. The fraction of sp³-hybridized carbons (Fsp3) is 0.222. The van der Waals surface area contributed by atoms with Crippen LogP contribution in [-0.2, 0) is 6.42 Å². The molecule has 0 radical (unpaired) electrons. The first-order chi connectivity index (χ1) is 9.85. The molecule has 0 unspecified atom stereocenters. The number of nitrogens with zero attached hydrogens (tertiary/aromatic N) is 2. The summed E-state index contributed by atoms with van der Waals surface area (Å²) in [5.74, 6) is 0. The third-order valence-electron chi connectivity index (χ3n) is 3.22. The van der Waals surface area contributed by atoms with Crippen LogP contribution in [0.15, 0.2) is 53.5 Å². The van der Waals surface area contributed by atoms with E-state index in [1.165, 1.54) is 18.4 Å². The Bertz CT molecular complexity index is 636. The molecule has 0 spiro atoms. The van der Waals surface area contributed by atoms with Crippen molar-refractivity contribution in [3.8, 4) is 6.07 Å². The highest BCUT2D eigenvalue weighted by molar-refractivity contribution is 5.85. The maximum absolute atomic E-state index is 9.07. The largest absolute Gasteiger partial charge is 0.256 e. The van der Waals surface area contributed by atoms with Gasteiger partial charge in [-0.25, -0.2) is 0 Å². The van der Waals surface area contributed by atoms with Gasteiger partial charge in [-0.1, -0.05) is 49.7 Å². The predicted octanol–water partition coefficient (Wildman–Crippen LogP) is 4.65. The van der Waals surface area contributed by atoms with E-state index in [1.807, 2.05) is 42.5 Å². The van der Waals surface area contributed by atoms with Crippen LogP contribution in [0.3, 0.4) is 0 Å². The Labute approximate surface area is 120 Å². The minimum Gasteiger partial charge on any atom is -0.256 e. The molecule has 0 atom stereocenters. The van der Waals surface area contributed by atoms with Gasteiger partial charge in [-0.2, -0.15) is 5.26 Å². The number of benzene rings is 2. The zero-order valence-electron chi connectivity index (χ0n) is 11.7. The van der Waals surface area contributed by atoms with E-state index in [-0.39, 0.29) is 0 Å². The monoisotopic (exact) mass is 262 g/mol.